The fourth-order valence-electron chi connectivity index (χ4n) is 7.55. The van der Waals surface area contributed by atoms with E-state index in [0.717, 1.165) is 18.4 Å². The second kappa shape index (κ2) is 14.1. The highest BCUT2D eigenvalue weighted by molar-refractivity contribution is 6.46. The third-order valence-electron chi connectivity index (χ3n) is 10.4. The van der Waals surface area contributed by atoms with Gasteiger partial charge in [0.25, 0.3) is 0 Å². The van der Waals surface area contributed by atoms with E-state index in [2.05, 4.69) is 42.0 Å². The van der Waals surface area contributed by atoms with E-state index in [0.29, 0.717) is 17.4 Å². The smallest absolute Gasteiger partial charge is 0.453 e. The number of carbonyl (C=O) groups is 4. The molecular weight excluding hydrogens is 599 g/mol. The summed E-state index contributed by atoms with van der Waals surface area (Å²) in [5.41, 5.74) is 1.18. The standard InChI is InChI=1S/C35H47BN4O7/c1-21(2)28(40-33(44)45-6)32(43)38-25(17-22-13-9-7-10-14-22)30(41)39-29(23-15-11-8-12-16-23)31(42)37-20-36-46-27-19-24-18-26(34(24,3)4)35(27,5)47-36/h7-16,21,24-29H,17-20H2,1-6H3,(H,37,42)(H,38,43)(H,39,41)(H,40,44)/t24?,25-,26-,27+,28-,29-,35-/m0/s1. The van der Waals surface area contributed by atoms with Crippen LogP contribution in [0.5, 0.6) is 0 Å². The Hall–Kier alpha value is -3.90. The van der Waals surface area contributed by atoms with Crippen LogP contribution in [0.25, 0.3) is 0 Å². The molecule has 0 radical (unpaired) electrons. The van der Waals surface area contributed by atoms with Crippen LogP contribution < -0.4 is 21.3 Å². The quantitative estimate of drug-likeness (QED) is 0.259. The number of hydrogen-bond donors (Lipinski definition) is 4. The summed E-state index contributed by atoms with van der Waals surface area (Å²) in [6.45, 7) is 10.3. The number of hydrogen-bond acceptors (Lipinski definition) is 7. The first-order chi connectivity index (χ1) is 22.3. The molecule has 0 spiro atoms. The molecule has 4 aliphatic rings. The van der Waals surface area contributed by atoms with Crippen molar-refractivity contribution in [2.24, 2.45) is 23.2 Å². The van der Waals surface area contributed by atoms with Gasteiger partial charge in [-0.1, -0.05) is 88.4 Å². The fraction of sp³-hybridized carbons (Fsp3) is 0.543. The molecule has 47 heavy (non-hydrogen) atoms. The van der Waals surface area contributed by atoms with Crippen molar-refractivity contribution in [3.63, 3.8) is 0 Å². The predicted molar refractivity (Wildman–Crippen MR) is 177 cm³/mol. The minimum atomic E-state index is -1.06. The van der Waals surface area contributed by atoms with Crippen LogP contribution in [0.3, 0.4) is 0 Å². The Morgan fingerprint density at radius 3 is 2.17 bits per heavy atom. The van der Waals surface area contributed by atoms with Crippen LogP contribution in [-0.4, -0.2) is 68.3 Å². The zero-order chi connectivity index (χ0) is 33.9. The summed E-state index contributed by atoms with van der Waals surface area (Å²) < 4.78 is 17.5. The number of carbonyl (C=O) groups excluding carboxylic acids is 4. The molecule has 11 nitrogen and oxygen atoms in total. The largest absolute Gasteiger partial charge is 0.478 e. The molecule has 2 bridgehead atoms. The van der Waals surface area contributed by atoms with Crippen molar-refractivity contribution in [3.8, 4) is 0 Å². The summed E-state index contributed by atoms with van der Waals surface area (Å²) in [7, 11) is 0.614. The Balaban J connectivity index is 1.30. The Morgan fingerprint density at radius 1 is 0.894 bits per heavy atom. The van der Waals surface area contributed by atoms with Gasteiger partial charge in [0.15, 0.2) is 0 Å². The van der Waals surface area contributed by atoms with E-state index < -0.39 is 54.7 Å². The van der Waals surface area contributed by atoms with Gasteiger partial charge in [0.2, 0.25) is 17.7 Å². The van der Waals surface area contributed by atoms with Gasteiger partial charge in [0.1, 0.15) is 18.1 Å². The van der Waals surface area contributed by atoms with E-state index >= 15 is 0 Å². The molecule has 4 N–H and O–H groups in total. The van der Waals surface area contributed by atoms with E-state index in [9.17, 15) is 19.2 Å². The van der Waals surface area contributed by atoms with Gasteiger partial charge in [-0.2, -0.15) is 0 Å². The third kappa shape index (κ3) is 7.33. The molecule has 1 saturated heterocycles. The Morgan fingerprint density at radius 2 is 1.55 bits per heavy atom. The summed E-state index contributed by atoms with van der Waals surface area (Å²) in [4.78, 5) is 53.1. The molecule has 2 aromatic rings. The van der Waals surface area contributed by atoms with E-state index in [1.807, 2.05) is 36.4 Å². The lowest BCUT2D eigenvalue weighted by atomic mass is 9.43. The van der Waals surface area contributed by atoms with E-state index in [4.69, 9.17) is 14.0 Å². The number of alkyl carbamates (subject to hydrolysis) is 1. The zero-order valence-corrected chi connectivity index (χ0v) is 28.1. The monoisotopic (exact) mass is 646 g/mol. The van der Waals surface area contributed by atoms with Gasteiger partial charge >= 0.3 is 13.2 Å². The van der Waals surface area contributed by atoms with Crippen LogP contribution >= 0.6 is 0 Å². The maximum absolute atomic E-state index is 13.9. The van der Waals surface area contributed by atoms with Gasteiger partial charge < -0.3 is 35.3 Å². The first-order valence-electron chi connectivity index (χ1n) is 16.5. The molecule has 3 aliphatic carbocycles. The fourth-order valence-corrected chi connectivity index (χ4v) is 7.55. The minimum Gasteiger partial charge on any atom is -0.453 e. The van der Waals surface area contributed by atoms with Crippen molar-refractivity contribution < 1.29 is 33.2 Å². The summed E-state index contributed by atoms with van der Waals surface area (Å²) in [5.74, 6) is -0.823. The summed E-state index contributed by atoms with van der Waals surface area (Å²) >= 11 is 0. The lowest BCUT2D eigenvalue weighted by molar-refractivity contribution is -0.199. The lowest BCUT2D eigenvalue weighted by Gasteiger charge is -2.64. The number of nitrogens with one attached hydrogen (secondary N) is 4. The second-order valence-electron chi connectivity index (χ2n) is 14.1. The molecule has 4 fully saturated rings. The maximum Gasteiger partial charge on any atom is 0.478 e. The van der Waals surface area contributed by atoms with Gasteiger partial charge in [-0.15, -0.1) is 0 Å². The number of amides is 4. The second-order valence-corrected chi connectivity index (χ2v) is 14.1. The molecule has 2 aromatic carbocycles. The van der Waals surface area contributed by atoms with Gasteiger partial charge in [0.05, 0.1) is 25.3 Å². The third-order valence-corrected chi connectivity index (χ3v) is 10.4. The van der Waals surface area contributed by atoms with Crippen molar-refractivity contribution in [2.75, 3.05) is 13.6 Å². The predicted octanol–water partition coefficient (Wildman–Crippen LogP) is 3.34. The van der Waals surface area contributed by atoms with Crippen LogP contribution in [0.4, 0.5) is 4.79 Å². The normalized spacial score (nSPS) is 25.8. The highest BCUT2D eigenvalue weighted by atomic mass is 16.7. The number of benzene rings is 2. The average Bonchev–Trinajstić information content (AvgIpc) is 3.41. The summed E-state index contributed by atoms with van der Waals surface area (Å²) in [6, 6.07) is 15.1. The molecule has 12 heteroatoms. The molecule has 7 atom stereocenters. The first-order valence-corrected chi connectivity index (χ1v) is 16.5. The van der Waals surface area contributed by atoms with Crippen LogP contribution in [0, 0.1) is 23.2 Å². The van der Waals surface area contributed by atoms with Gasteiger partial charge in [0, 0.05) is 6.42 Å². The Kier molecular flexibility index (Phi) is 10.3. The van der Waals surface area contributed by atoms with Crippen LogP contribution in [-0.2, 0) is 34.9 Å². The van der Waals surface area contributed by atoms with Crippen molar-refractivity contribution in [1.29, 1.82) is 0 Å². The van der Waals surface area contributed by atoms with E-state index in [1.165, 1.54) is 7.11 Å². The summed E-state index contributed by atoms with van der Waals surface area (Å²) in [5, 5.41) is 11.2. The lowest BCUT2D eigenvalue weighted by Crippen LogP contribution is -2.65. The molecule has 252 valence electrons. The van der Waals surface area contributed by atoms with Gasteiger partial charge in [-0.05, 0) is 54.1 Å². The molecular formula is C35H47BN4O7. The van der Waals surface area contributed by atoms with E-state index in [-0.39, 0.29) is 30.3 Å². The molecule has 0 aromatic heterocycles. The topological polar surface area (TPSA) is 144 Å². The minimum absolute atomic E-state index is 0.0171. The summed E-state index contributed by atoms with van der Waals surface area (Å²) in [6.07, 6.45) is 1.58. The van der Waals surface area contributed by atoms with Crippen molar-refractivity contribution >= 4 is 30.9 Å². The zero-order valence-electron chi connectivity index (χ0n) is 28.1. The molecule has 6 rings (SSSR count). The van der Waals surface area contributed by atoms with Crippen molar-refractivity contribution in [3.05, 3.63) is 71.8 Å². The Labute approximate surface area is 277 Å². The number of rotatable bonds is 12. The number of ether oxygens (including phenoxy) is 1. The highest BCUT2D eigenvalue weighted by Gasteiger charge is 2.67. The highest BCUT2D eigenvalue weighted by Crippen LogP contribution is 2.65. The van der Waals surface area contributed by atoms with Crippen molar-refractivity contribution in [2.45, 2.75) is 83.7 Å². The van der Waals surface area contributed by atoms with Crippen LogP contribution in [0.2, 0.25) is 0 Å². The van der Waals surface area contributed by atoms with E-state index in [1.54, 1.807) is 38.1 Å². The number of methoxy groups -OCH3 is 1. The SMILES string of the molecule is COC(=O)N[C@H](C(=O)N[C@@H](Cc1ccccc1)C(=O)N[C@H](C(=O)NCB1O[C@@H]2CC3C[C@@H](C3(C)C)[C@]2(C)O1)c1ccccc1)C(C)C. The molecule has 1 unspecified atom stereocenters. The van der Waals surface area contributed by atoms with Crippen LogP contribution in [0.15, 0.2) is 60.7 Å². The van der Waals surface area contributed by atoms with Gasteiger partial charge in [-0.3, -0.25) is 14.4 Å². The van der Waals surface area contributed by atoms with Crippen LogP contribution in [0.1, 0.15) is 64.6 Å². The molecule has 1 heterocycles. The molecule has 1 aliphatic heterocycles. The molecule has 4 amide bonds. The van der Waals surface area contributed by atoms with Crippen molar-refractivity contribution in [1.82, 2.24) is 21.3 Å². The first kappa shape index (κ1) is 34.4. The average molecular weight is 647 g/mol. The maximum atomic E-state index is 13.9. The molecule has 3 saturated carbocycles. The Bertz CT molecular complexity index is 1440. The van der Waals surface area contributed by atoms with Gasteiger partial charge in [-0.25, -0.2) is 4.79 Å².